The fourth-order valence-corrected chi connectivity index (χ4v) is 2.07. The van der Waals surface area contributed by atoms with E-state index >= 15 is 0 Å². The summed E-state index contributed by atoms with van der Waals surface area (Å²) in [5.74, 6) is -6.86. The van der Waals surface area contributed by atoms with E-state index in [2.05, 4.69) is 4.74 Å². The van der Waals surface area contributed by atoms with E-state index in [0.29, 0.717) is 18.6 Å². The zero-order chi connectivity index (χ0) is 24.7. The number of hydrogen-bond donors (Lipinski definition) is 1. The van der Waals surface area contributed by atoms with Crippen LogP contribution in [0.2, 0.25) is 0 Å². The van der Waals surface area contributed by atoms with Crippen LogP contribution in [-0.2, 0) is 25.6 Å². The Hall–Kier alpha value is -2.00. The average molecular weight is 488 g/mol. The Morgan fingerprint density at radius 2 is 1.39 bits per heavy atom. The SMILES string of the molecule is CCC(C)(C)C(=O)Oc1ccc(C(F)(F)C(F)(F)OC(F)(F)C(F)(F)S(=O)(=O)O)cc1. The van der Waals surface area contributed by atoms with Crippen LogP contribution in [0.25, 0.3) is 0 Å². The minimum Gasteiger partial charge on any atom is -0.426 e. The molecule has 1 rings (SSSR count). The van der Waals surface area contributed by atoms with Gasteiger partial charge in [0.2, 0.25) is 0 Å². The van der Waals surface area contributed by atoms with Gasteiger partial charge in [0, 0.05) is 5.56 Å². The van der Waals surface area contributed by atoms with Crippen molar-refractivity contribution < 1.29 is 62.4 Å². The molecule has 0 radical (unpaired) electrons. The van der Waals surface area contributed by atoms with Gasteiger partial charge in [-0.05, 0) is 44.5 Å². The molecule has 1 N–H and O–H groups in total. The summed E-state index contributed by atoms with van der Waals surface area (Å²) in [7, 11) is -7.01. The standard InChI is InChI=1S/C16H16F8O6S/c1-4-12(2,3)11(25)29-10-7-5-9(6-8-10)13(17,18)14(19,20)30-15(21,22)16(23,24)31(26,27)28/h5-8H,4H2,1-3H3,(H,26,27,28). The highest BCUT2D eigenvalue weighted by Gasteiger charge is 2.74. The average Bonchev–Trinajstić information content (AvgIpc) is 2.60. The van der Waals surface area contributed by atoms with Crippen molar-refractivity contribution in [1.82, 2.24) is 0 Å². The molecule has 0 fully saturated rings. The molecule has 1 aromatic carbocycles. The number of carbonyl (C=O) groups is 1. The molecule has 178 valence electrons. The van der Waals surface area contributed by atoms with Gasteiger partial charge in [-0.1, -0.05) is 6.92 Å². The minimum absolute atomic E-state index is 0.220. The normalized spacial score (nSPS) is 14.5. The molecule has 0 unspecified atom stereocenters. The van der Waals surface area contributed by atoms with E-state index < -0.39 is 50.5 Å². The van der Waals surface area contributed by atoms with Gasteiger partial charge in [-0.15, -0.1) is 0 Å². The second kappa shape index (κ2) is 8.16. The summed E-state index contributed by atoms with van der Waals surface area (Å²) in [5, 5.41) is -6.66. The summed E-state index contributed by atoms with van der Waals surface area (Å²) in [6.07, 6.45) is -12.8. The van der Waals surface area contributed by atoms with E-state index in [9.17, 15) is 48.3 Å². The highest BCUT2D eigenvalue weighted by molar-refractivity contribution is 7.86. The summed E-state index contributed by atoms with van der Waals surface area (Å²) in [5.41, 5.74) is -2.70. The predicted molar refractivity (Wildman–Crippen MR) is 87.5 cm³/mol. The summed E-state index contributed by atoms with van der Waals surface area (Å²) in [6.45, 7) is 4.64. The number of alkyl halides is 8. The molecular formula is C16H16F8O6S. The van der Waals surface area contributed by atoms with Crippen LogP contribution in [0, 0.1) is 5.41 Å². The van der Waals surface area contributed by atoms with E-state index in [1.165, 1.54) is 13.8 Å². The lowest BCUT2D eigenvalue weighted by molar-refractivity contribution is -0.459. The van der Waals surface area contributed by atoms with Crippen LogP contribution < -0.4 is 4.74 Å². The molecule has 0 heterocycles. The van der Waals surface area contributed by atoms with E-state index in [1.54, 1.807) is 6.92 Å². The Morgan fingerprint density at radius 1 is 0.935 bits per heavy atom. The molecule has 0 saturated carbocycles. The Kier molecular flexibility index (Phi) is 7.12. The monoisotopic (exact) mass is 488 g/mol. The zero-order valence-electron chi connectivity index (χ0n) is 15.9. The van der Waals surface area contributed by atoms with Crippen molar-refractivity contribution in [2.45, 2.75) is 50.6 Å². The van der Waals surface area contributed by atoms with Crippen LogP contribution >= 0.6 is 0 Å². The third-order valence-corrected chi connectivity index (χ3v) is 5.03. The van der Waals surface area contributed by atoms with Crippen molar-refractivity contribution in [3.63, 3.8) is 0 Å². The van der Waals surface area contributed by atoms with E-state index in [1.807, 2.05) is 0 Å². The lowest BCUT2D eigenvalue weighted by Crippen LogP contribution is -2.55. The number of rotatable bonds is 9. The third kappa shape index (κ3) is 5.26. The maximum absolute atomic E-state index is 14.0. The topological polar surface area (TPSA) is 89.9 Å². The highest BCUT2D eigenvalue weighted by Crippen LogP contribution is 2.50. The lowest BCUT2D eigenvalue weighted by atomic mass is 9.91. The number of hydrogen-bond acceptors (Lipinski definition) is 5. The molecule has 0 bridgehead atoms. The molecule has 0 saturated heterocycles. The van der Waals surface area contributed by atoms with Crippen LogP contribution in [0.1, 0.15) is 32.8 Å². The molecule has 0 aromatic heterocycles. The van der Waals surface area contributed by atoms with E-state index in [-0.39, 0.29) is 17.9 Å². The van der Waals surface area contributed by atoms with Gasteiger partial charge in [-0.3, -0.25) is 9.35 Å². The Bertz CT molecular complexity index is 913. The molecule has 0 aliphatic carbocycles. The first kappa shape index (κ1) is 27.0. The van der Waals surface area contributed by atoms with Crippen molar-refractivity contribution in [2.75, 3.05) is 0 Å². The first-order chi connectivity index (χ1) is 13.6. The Labute approximate surface area is 170 Å². The number of ether oxygens (including phenoxy) is 2. The molecular weight excluding hydrogens is 472 g/mol. The first-order valence-corrected chi connectivity index (χ1v) is 9.57. The van der Waals surface area contributed by atoms with Gasteiger partial charge >= 0.3 is 39.5 Å². The Balaban J connectivity index is 3.18. The molecule has 1 aromatic rings. The van der Waals surface area contributed by atoms with Crippen LogP contribution in [-0.4, -0.2) is 36.4 Å². The molecule has 0 aliphatic heterocycles. The summed E-state index contributed by atoms with van der Waals surface area (Å²) < 4.78 is 143. The van der Waals surface area contributed by atoms with Gasteiger partial charge in [-0.2, -0.15) is 43.5 Å². The van der Waals surface area contributed by atoms with Gasteiger partial charge in [-0.25, -0.2) is 4.74 Å². The molecule has 15 heteroatoms. The Morgan fingerprint density at radius 3 is 1.77 bits per heavy atom. The molecule has 0 amide bonds. The van der Waals surface area contributed by atoms with Gasteiger partial charge in [0.05, 0.1) is 5.41 Å². The van der Waals surface area contributed by atoms with Crippen molar-refractivity contribution in [2.24, 2.45) is 5.41 Å². The zero-order valence-corrected chi connectivity index (χ0v) is 16.8. The summed E-state index contributed by atoms with van der Waals surface area (Å²) in [6, 6.07) is 1.65. The molecule has 0 aliphatic rings. The summed E-state index contributed by atoms with van der Waals surface area (Å²) >= 11 is 0. The van der Waals surface area contributed by atoms with Crippen molar-refractivity contribution in [1.29, 1.82) is 0 Å². The van der Waals surface area contributed by atoms with Gasteiger partial charge in [0.25, 0.3) is 0 Å². The van der Waals surface area contributed by atoms with Crippen LogP contribution in [0.5, 0.6) is 5.75 Å². The number of carbonyl (C=O) groups excluding carboxylic acids is 1. The summed E-state index contributed by atoms with van der Waals surface area (Å²) in [4.78, 5) is 11.9. The maximum atomic E-state index is 14.0. The fourth-order valence-electron chi connectivity index (χ4n) is 1.72. The fraction of sp³-hybridized carbons (Fsp3) is 0.562. The lowest BCUT2D eigenvalue weighted by Gasteiger charge is -2.31. The van der Waals surface area contributed by atoms with E-state index in [4.69, 9.17) is 9.29 Å². The van der Waals surface area contributed by atoms with E-state index in [0.717, 1.165) is 0 Å². The molecule has 6 nitrogen and oxygen atoms in total. The van der Waals surface area contributed by atoms with Crippen LogP contribution in [0.4, 0.5) is 35.1 Å². The number of halogens is 8. The second-order valence-corrected chi connectivity index (χ2v) is 8.32. The van der Waals surface area contributed by atoms with Crippen LogP contribution in [0.3, 0.4) is 0 Å². The maximum Gasteiger partial charge on any atom is 0.460 e. The van der Waals surface area contributed by atoms with Crippen LogP contribution in [0.15, 0.2) is 24.3 Å². The predicted octanol–water partition coefficient (Wildman–Crippen LogP) is 4.80. The van der Waals surface area contributed by atoms with Gasteiger partial charge in [0.15, 0.2) is 0 Å². The molecule has 0 atom stereocenters. The van der Waals surface area contributed by atoms with Crippen molar-refractivity contribution in [3.8, 4) is 5.75 Å². The van der Waals surface area contributed by atoms with Crippen molar-refractivity contribution in [3.05, 3.63) is 29.8 Å². The van der Waals surface area contributed by atoms with Gasteiger partial charge in [0.1, 0.15) is 5.75 Å². The highest BCUT2D eigenvalue weighted by atomic mass is 32.2. The molecule has 31 heavy (non-hydrogen) atoms. The van der Waals surface area contributed by atoms with Gasteiger partial charge < -0.3 is 4.74 Å². The quantitative estimate of drug-likeness (QED) is 0.233. The minimum atomic E-state index is -7.01. The van der Waals surface area contributed by atoms with Crippen molar-refractivity contribution >= 4 is 16.1 Å². The smallest absolute Gasteiger partial charge is 0.426 e. The number of benzene rings is 1. The first-order valence-electron chi connectivity index (χ1n) is 8.13. The third-order valence-electron chi connectivity index (χ3n) is 4.15. The largest absolute Gasteiger partial charge is 0.460 e. The molecule has 0 spiro atoms. The second-order valence-electron chi connectivity index (χ2n) is 6.85. The number of esters is 1.